The fourth-order valence-corrected chi connectivity index (χ4v) is 1.60. The Hall–Kier alpha value is -2.69. The summed E-state index contributed by atoms with van der Waals surface area (Å²) in [7, 11) is 0. The Morgan fingerprint density at radius 3 is 2.62 bits per heavy atom. The van der Waals surface area contributed by atoms with Crippen molar-refractivity contribution in [3.05, 3.63) is 27.2 Å². The van der Waals surface area contributed by atoms with Gasteiger partial charge in [0.05, 0.1) is 5.69 Å². The van der Waals surface area contributed by atoms with Gasteiger partial charge in [-0.2, -0.15) is 10.4 Å². The molecular formula is C13H17N5O3. The molecule has 8 heteroatoms. The molecule has 0 atom stereocenters. The Balaban J connectivity index is 2.87. The van der Waals surface area contributed by atoms with Crippen molar-refractivity contribution in [3.63, 3.8) is 0 Å². The van der Waals surface area contributed by atoms with Crippen molar-refractivity contribution in [2.24, 2.45) is 0 Å². The summed E-state index contributed by atoms with van der Waals surface area (Å²) in [5.41, 5.74) is 0.268. The first-order chi connectivity index (χ1) is 9.90. The van der Waals surface area contributed by atoms with Crippen LogP contribution in [0.2, 0.25) is 0 Å². The second kappa shape index (κ2) is 7.19. The Morgan fingerprint density at radius 1 is 1.38 bits per heavy atom. The minimum atomic E-state index is -0.676. The number of nitrogens with one attached hydrogen (secondary N) is 2. The van der Waals surface area contributed by atoms with Crippen molar-refractivity contribution >= 4 is 11.9 Å². The summed E-state index contributed by atoms with van der Waals surface area (Å²) in [4.78, 5) is 35.0. The van der Waals surface area contributed by atoms with Crippen LogP contribution in [0.4, 0.5) is 4.79 Å². The number of nitrogens with zero attached hydrogens (tertiary/aromatic N) is 3. The number of amides is 3. The minimum absolute atomic E-state index is 0.0502. The van der Waals surface area contributed by atoms with Gasteiger partial charge in [0.25, 0.3) is 5.56 Å². The van der Waals surface area contributed by atoms with E-state index in [2.05, 4.69) is 15.7 Å². The van der Waals surface area contributed by atoms with Crippen LogP contribution in [0.1, 0.15) is 30.2 Å². The monoisotopic (exact) mass is 291 g/mol. The molecule has 0 saturated heterocycles. The molecule has 1 rings (SSSR count). The highest BCUT2D eigenvalue weighted by Crippen LogP contribution is 2.04. The smallest absolute Gasteiger partial charge is 0.321 e. The maximum absolute atomic E-state index is 12.0. The topological polar surface area (TPSA) is 117 Å². The third-order valence-corrected chi connectivity index (χ3v) is 2.83. The summed E-state index contributed by atoms with van der Waals surface area (Å²) in [6.45, 7) is 5.15. The van der Waals surface area contributed by atoms with E-state index in [0.717, 1.165) is 11.1 Å². The lowest BCUT2D eigenvalue weighted by Crippen LogP contribution is -2.43. The number of rotatable bonds is 4. The number of urea groups is 1. The number of carbonyl (C=O) groups excluding carboxylic acids is 2. The van der Waals surface area contributed by atoms with E-state index >= 15 is 0 Å². The maximum Gasteiger partial charge on any atom is 0.321 e. The first-order valence-corrected chi connectivity index (χ1v) is 6.46. The van der Waals surface area contributed by atoms with Crippen molar-refractivity contribution < 1.29 is 9.59 Å². The first-order valence-electron chi connectivity index (χ1n) is 6.46. The van der Waals surface area contributed by atoms with Crippen molar-refractivity contribution in [1.82, 2.24) is 20.4 Å². The molecule has 21 heavy (non-hydrogen) atoms. The van der Waals surface area contributed by atoms with Gasteiger partial charge in [-0.25, -0.2) is 9.48 Å². The molecule has 3 amide bonds. The highest BCUT2D eigenvalue weighted by molar-refractivity contribution is 5.94. The highest BCUT2D eigenvalue weighted by atomic mass is 16.2. The average Bonchev–Trinajstić information content (AvgIpc) is 2.43. The van der Waals surface area contributed by atoms with Crippen LogP contribution in [0.25, 0.3) is 0 Å². The SMILES string of the molecule is CCCNC(=O)NC(=O)Cn1nc(C)c(C)c(C#N)c1=O. The van der Waals surface area contributed by atoms with E-state index in [9.17, 15) is 14.4 Å². The molecule has 1 aromatic rings. The van der Waals surface area contributed by atoms with Gasteiger partial charge >= 0.3 is 6.03 Å². The molecule has 0 spiro atoms. The largest absolute Gasteiger partial charge is 0.338 e. The summed E-state index contributed by atoms with van der Waals surface area (Å²) in [6, 6.07) is 1.18. The number of carbonyl (C=O) groups is 2. The molecule has 8 nitrogen and oxygen atoms in total. The minimum Gasteiger partial charge on any atom is -0.338 e. The number of aromatic nitrogens is 2. The molecule has 0 aromatic carbocycles. The molecule has 0 fully saturated rings. The first kappa shape index (κ1) is 16.4. The van der Waals surface area contributed by atoms with Gasteiger partial charge in [0, 0.05) is 6.54 Å². The third-order valence-electron chi connectivity index (χ3n) is 2.83. The zero-order valence-electron chi connectivity index (χ0n) is 12.2. The Kier molecular flexibility index (Phi) is 5.60. The van der Waals surface area contributed by atoms with Gasteiger partial charge in [0.15, 0.2) is 0 Å². The Bertz CT molecular complexity index is 657. The standard InChI is InChI=1S/C13H17N5O3/c1-4-5-15-13(21)16-11(19)7-18-12(20)10(6-14)8(2)9(3)17-18/h4-5,7H2,1-3H3,(H2,15,16,19,21). The molecule has 1 heterocycles. The predicted molar refractivity (Wildman–Crippen MR) is 74.5 cm³/mol. The second-order valence-corrected chi connectivity index (χ2v) is 4.46. The van der Waals surface area contributed by atoms with E-state index < -0.39 is 24.0 Å². The summed E-state index contributed by atoms with van der Waals surface area (Å²) in [5.74, 6) is -0.676. The lowest BCUT2D eigenvalue weighted by molar-refractivity contribution is -0.120. The van der Waals surface area contributed by atoms with E-state index in [1.54, 1.807) is 19.9 Å². The second-order valence-electron chi connectivity index (χ2n) is 4.46. The lowest BCUT2D eigenvalue weighted by Gasteiger charge is -2.09. The van der Waals surface area contributed by atoms with E-state index in [-0.39, 0.29) is 5.56 Å². The summed E-state index contributed by atoms with van der Waals surface area (Å²) in [6.07, 6.45) is 0.741. The van der Waals surface area contributed by atoms with Crippen LogP contribution in [0.3, 0.4) is 0 Å². The molecule has 1 aromatic heterocycles. The number of nitriles is 1. The molecule has 0 aliphatic carbocycles. The van der Waals surface area contributed by atoms with Crippen LogP contribution >= 0.6 is 0 Å². The Labute approximate surface area is 121 Å². The van der Waals surface area contributed by atoms with Gasteiger partial charge in [-0.1, -0.05) is 6.92 Å². The van der Waals surface area contributed by atoms with Gasteiger partial charge < -0.3 is 5.32 Å². The molecule has 112 valence electrons. The summed E-state index contributed by atoms with van der Waals surface area (Å²) >= 11 is 0. The molecule has 0 bridgehead atoms. The van der Waals surface area contributed by atoms with Crippen LogP contribution in [-0.4, -0.2) is 28.3 Å². The quantitative estimate of drug-likeness (QED) is 0.807. The third kappa shape index (κ3) is 4.14. The van der Waals surface area contributed by atoms with Gasteiger partial charge in [0.2, 0.25) is 5.91 Å². The van der Waals surface area contributed by atoms with Crippen molar-refractivity contribution in [3.8, 4) is 6.07 Å². The lowest BCUT2D eigenvalue weighted by atomic mass is 10.1. The van der Waals surface area contributed by atoms with Gasteiger partial charge in [-0.05, 0) is 25.8 Å². The Morgan fingerprint density at radius 2 is 2.05 bits per heavy atom. The van der Waals surface area contributed by atoms with E-state index in [0.29, 0.717) is 17.8 Å². The molecule has 0 unspecified atom stereocenters. The number of aryl methyl sites for hydroxylation is 1. The average molecular weight is 291 g/mol. The van der Waals surface area contributed by atoms with Crippen LogP contribution < -0.4 is 16.2 Å². The van der Waals surface area contributed by atoms with Crippen molar-refractivity contribution in [1.29, 1.82) is 5.26 Å². The van der Waals surface area contributed by atoms with Crippen LogP contribution in [-0.2, 0) is 11.3 Å². The summed E-state index contributed by atoms with van der Waals surface area (Å²) < 4.78 is 0.878. The van der Waals surface area contributed by atoms with E-state index in [4.69, 9.17) is 5.26 Å². The number of hydrogen-bond donors (Lipinski definition) is 2. The summed E-state index contributed by atoms with van der Waals surface area (Å²) in [5, 5.41) is 17.5. The van der Waals surface area contributed by atoms with Gasteiger partial charge in [0.1, 0.15) is 18.2 Å². The number of hydrogen-bond acceptors (Lipinski definition) is 5. The molecule has 0 radical (unpaired) electrons. The maximum atomic E-state index is 12.0. The molecule has 0 aliphatic rings. The normalized spacial score (nSPS) is 9.81. The predicted octanol–water partition coefficient (Wildman–Crippen LogP) is -0.0324. The zero-order valence-corrected chi connectivity index (χ0v) is 12.2. The van der Waals surface area contributed by atoms with E-state index in [1.807, 2.05) is 6.92 Å². The van der Waals surface area contributed by atoms with Crippen LogP contribution in [0.15, 0.2) is 4.79 Å². The highest BCUT2D eigenvalue weighted by Gasteiger charge is 2.15. The van der Waals surface area contributed by atoms with Gasteiger partial charge in [-0.15, -0.1) is 0 Å². The van der Waals surface area contributed by atoms with Crippen molar-refractivity contribution in [2.75, 3.05) is 6.54 Å². The zero-order chi connectivity index (χ0) is 16.0. The number of imide groups is 1. The van der Waals surface area contributed by atoms with Crippen LogP contribution in [0.5, 0.6) is 0 Å². The van der Waals surface area contributed by atoms with Crippen molar-refractivity contribution in [2.45, 2.75) is 33.7 Å². The molecular weight excluding hydrogens is 274 g/mol. The fraction of sp³-hybridized carbons (Fsp3) is 0.462. The van der Waals surface area contributed by atoms with Gasteiger partial charge in [-0.3, -0.25) is 14.9 Å². The molecule has 0 aliphatic heterocycles. The van der Waals surface area contributed by atoms with Crippen LogP contribution in [0, 0.1) is 25.2 Å². The fourth-order valence-electron chi connectivity index (χ4n) is 1.60. The molecule has 0 saturated carbocycles. The van der Waals surface area contributed by atoms with E-state index in [1.165, 1.54) is 0 Å². The molecule has 2 N–H and O–H groups in total.